The van der Waals surface area contributed by atoms with Crippen molar-refractivity contribution in [3.8, 4) is 0 Å². The van der Waals surface area contributed by atoms with E-state index in [1.165, 1.54) is 0 Å². The normalized spacial score (nSPS) is 10.3. The number of benzene rings is 2. The van der Waals surface area contributed by atoms with Gasteiger partial charge >= 0.3 is 0 Å². The molecule has 22 heavy (non-hydrogen) atoms. The molecule has 116 valence electrons. The van der Waals surface area contributed by atoms with E-state index in [4.69, 9.17) is 16.7 Å². The molecule has 5 heteroatoms. The van der Waals surface area contributed by atoms with Gasteiger partial charge in [-0.3, -0.25) is 4.79 Å². The molecule has 0 aliphatic heterocycles. The Morgan fingerprint density at radius 3 is 2.68 bits per heavy atom. The van der Waals surface area contributed by atoms with Crippen molar-refractivity contribution in [2.24, 2.45) is 0 Å². The molecule has 0 saturated heterocycles. The SMILES string of the molecule is CCNc1ccc(Cl)cc1C(=O)NCc1cccc(CO)c1. The molecule has 2 rings (SSSR count). The van der Waals surface area contributed by atoms with E-state index < -0.39 is 0 Å². The third-order valence-corrected chi connectivity index (χ3v) is 3.46. The molecule has 4 nitrogen and oxygen atoms in total. The van der Waals surface area contributed by atoms with Gasteiger partial charge in [0.15, 0.2) is 0 Å². The Bertz CT molecular complexity index is 659. The van der Waals surface area contributed by atoms with Crippen molar-refractivity contribution in [2.75, 3.05) is 11.9 Å². The van der Waals surface area contributed by atoms with Gasteiger partial charge in [-0.1, -0.05) is 35.9 Å². The first-order valence-corrected chi connectivity index (χ1v) is 7.52. The molecular formula is C17H19ClN2O2. The molecule has 1 amide bonds. The van der Waals surface area contributed by atoms with Gasteiger partial charge in [0.2, 0.25) is 0 Å². The molecule has 0 saturated carbocycles. The molecule has 0 radical (unpaired) electrons. The lowest BCUT2D eigenvalue weighted by Gasteiger charge is -2.12. The maximum atomic E-state index is 12.4. The average Bonchev–Trinajstić information content (AvgIpc) is 2.54. The van der Waals surface area contributed by atoms with Crippen LogP contribution in [0.4, 0.5) is 5.69 Å². The van der Waals surface area contributed by atoms with Crippen LogP contribution in [0.15, 0.2) is 42.5 Å². The van der Waals surface area contributed by atoms with Gasteiger partial charge in [0.1, 0.15) is 0 Å². The van der Waals surface area contributed by atoms with Crippen molar-refractivity contribution in [3.05, 3.63) is 64.2 Å². The zero-order valence-corrected chi connectivity index (χ0v) is 13.2. The number of anilines is 1. The highest BCUT2D eigenvalue weighted by molar-refractivity contribution is 6.31. The summed E-state index contributed by atoms with van der Waals surface area (Å²) in [4.78, 5) is 12.4. The van der Waals surface area contributed by atoms with Gasteiger partial charge in [-0.15, -0.1) is 0 Å². The minimum Gasteiger partial charge on any atom is -0.392 e. The maximum absolute atomic E-state index is 12.4. The van der Waals surface area contributed by atoms with Crippen LogP contribution in [0.1, 0.15) is 28.4 Å². The van der Waals surface area contributed by atoms with Gasteiger partial charge in [-0.25, -0.2) is 0 Å². The van der Waals surface area contributed by atoms with E-state index in [0.29, 0.717) is 17.1 Å². The number of nitrogens with one attached hydrogen (secondary N) is 2. The maximum Gasteiger partial charge on any atom is 0.253 e. The molecular weight excluding hydrogens is 300 g/mol. The van der Waals surface area contributed by atoms with E-state index in [1.54, 1.807) is 18.2 Å². The molecule has 0 aliphatic rings. The van der Waals surface area contributed by atoms with Crippen LogP contribution in [0.2, 0.25) is 5.02 Å². The van der Waals surface area contributed by atoms with Crippen LogP contribution in [0, 0.1) is 0 Å². The number of aliphatic hydroxyl groups excluding tert-OH is 1. The fourth-order valence-corrected chi connectivity index (χ4v) is 2.34. The number of amides is 1. The van der Waals surface area contributed by atoms with Crippen LogP contribution in [0.3, 0.4) is 0 Å². The Labute approximate surface area is 135 Å². The van der Waals surface area contributed by atoms with Gasteiger partial charge in [0, 0.05) is 23.8 Å². The first-order valence-electron chi connectivity index (χ1n) is 7.14. The molecule has 0 aromatic heterocycles. The molecule has 2 aromatic carbocycles. The van der Waals surface area contributed by atoms with Gasteiger partial charge in [-0.2, -0.15) is 0 Å². The highest BCUT2D eigenvalue weighted by Gasteiger charge is 2.11. The first-order chi connectivity index (χ1) is 10.6. The van der Waals surface area contributed by atoms with Gasteiger partial charge in [0.25, 0.3) is 5.91 Å². The van der Waals surface area contributed by atoms with E-state index in [0.717, 1.165) is 23.4 Å². The standard InChI is InChI=1S/C17H19ClN2O2/c1-2-19-16-7-6-14(18)9-15(16)17(22)20-10-12-4-3-5-13(8-12)11-21/h3-9,19,21H,2,10-11H2,1H3,(H,20,22). The highest BCUT2D eigenvalue weighted by Crippen LogP contribution is 2.20. The zero-order valence-electron chi connectivity index (χ0n) is 12.4. The van der Waals surface area contributed by atoms with Crippen LogP contribution in [-0.2, 0) is 13.2 Å². The van der Waals surface area contributed by atoms with Crippen molar-refractivity contribution in [1.82, 2.24) is 5.32 Å². The van der Waals surface area contributed by atoms with Gasteiger partial charge in [-0.05, 0) is 36.2 Å². The Morgan fingerprint density at radius 1 is 1.18 bits per heavy atom. The second-order valence-electron chi connectivity index (χ2n) is 4.88. The molecule has 2 aromatic rings. The summed E-state index contributed by atoms with van der Waals surface area (Å²) >= 11 is 5.98. The van der Waals surface area contributed by atoms with Crippen LogP contribution in [0.5, 0.6) is 0 Å². The second kappa shape index (κ2) is 7.82. The first kappa shape index (κ1) is 16.3. The number of carbonyl (C=O) groups is 1. The summed E-state index contributed by atoms with van der Waals surface area (Å²) in [5.74, 6) is -0.187. The van der Waals surface area contributed by atoms with E-state index in [-0.39, 0.29) is 12.5 Å². The molecule has 0 aliphatic carbocycles. The van der Waals surface area contributed by atoms with E-state index in [2.05, 4.69) is 10.6 Å². The molecule has 0 spiro atoms. The summed E-state index contributed by atoms with van der Waals surface area (Å²) < 4.78 is 0. The van der Waals surface area contributed by atoms with Crippen molar-refractivity contribution >= 4 is 23.2 Å². The highest BCUT2D eigenvalue weighted by atomic mass is 35.5. The summed E-state index contributed by atoms with van der Waals surface area (Å²) in [6, 6.07) is 12.7. The predicted octanol–water partition coefficient (Wildman–Crippen LogP) is 3.19. The quantitative estimate of drug-likeness (QED) is 0.766. The van der Waals surface area contributed by atoms with Crippen molar-refractivity contribution in [3.63, 3.8) is 0 Å². The van der Waals surface area contributed by atoms with E-state index in [9.17, 15) is 4.79 Å². The lowest BCUT2D eigenvalue weighted by atomic mass is 10.1. The van der Waals surface area contributed by atoms with Crippen LogP contribution >= 0.6 is 11.6 Å². The Kier molecular flexibility index (Phi) is 5.81. The lowest BCUT2D eigenvalue weighted by Crippen LogP contribution is -2.24. The Morgan fingerprint density at radius 2 is 1.95 bits per heavy atom. The summed E-state index contributed by atoms with van der Waals surface area (Å²) in [7, 11) is 0. The van der Waals surface area contributed by atoms with Crippen molar-refractivity contribution < 1.29 is 9.90 Å². The lowest BCUT2D eigenvalue weighted by molar-refractivity contribution is 0.0951. The van der Waals surface area contributed by atoms with Crippen LogP contribution < -0.4 is 10.6 Å². The summed E-state index contributed by atoms with van der Waals surface area (Å²) in [5.41, 5.74) is 3.04. The smallest absolute Gasteiger partial charge is 0.253 e. The van der Waals surface area contributed by atoms with Crippen LogP contribution in [0.25, 0.3) is 0 Å². The van der Waals surface area contributed by atoms with Crippen molar-refractivity contribution in [1.29, 1.82) is 0 Å². The number of halogens is 1. The molecule has 0 atom stereocenters. The second-order valence-corrected chi connectivity index (χ2v) is 5.32. The third-order valence-electron chi connectivity index (χ3n) is 3.22. The minimum atomic E-state index is -0.187. The van der Waals surface area contributed by atoms with Gasteiger partial charge in [0.05, 0.1) is 12.2 Å². The van der Waals surface area contributed by atoms with E-state index in [1.807, 2.05) is 31.2 Å². The molecule has 0 heterocycles. The Balaban J connectivity index is 2.10. The number of aliphatic hydroxyl groups is 1. The van der Waals surface area contributed by atoms with Crippen molar-refractivity contribution in [2.45, 2.75) is 20.1 Å². The summed E-state index contributed by atoms with van der Waals surface area (Å²) in [5, 5.41) is 15.7. The van der Waals surface area contributed by atoms with Crippen LogP contribution in [-0.4, -0.2) is 17.6 Å². The summed E-state index contributed by atoms with van der Waals surface area (Å²) in [6.45, 7) is 3.07. The molecule has 0 fully saturated rings. The number of rotatable bonds is 6. The fourth-order valence-electron chi connectivity index (χ4n) is 2.16. The monoisotopic (exact) mass is 318 g/mol. The predicted molar refractivity (Wildman–Crippen MR) is 89.2 cm³/mol. The minimum absolute atomic E-state index is 0.0132. The molecule has 3 N–H and O–H groups in total. The zero-order chi connectivity index (χ0) is 15.9. The molecule has 0 unspecified atom stereocenters. The number of hydrogen-bond acceptors (Lipinski definition) is 3. The summed E-state index contributed by atoms with van der Waals surface area (Å²) in [6.07, 6.45) is 0. The Hall–Kier alpha value is -2.04. The fraction of sp³-hybridized carbons (Fsp3) is 0.235. The number of carbonyl (C=O) groups excluding carboxylic acids is 1. The largest absolute Gasteiger partial charge is 0.392 e. The number of hydrogen-bond donors (Lipinski definition) is 3. The average molecular weight is 319 g/mol. The van der Waals surface area contributed by atoms with Gasteiger partial charge < -0.3 is 15.7 Å². The van der Waals surface area contributed by atoms with E-state index >= 15 is 0 Å². The molecule has 0 bridgehead atoms. The third kappa shape index (κ3) is 4.23. The topological polar surface area (TPSA) is 61.4 Å².